The van der Waals surface area contributed by atoms with Crippen LogP contribution in [0.3, 0.4) is 0 Å². The lowest BCUT2D eigenvalue weighted by atomic mass is 10.0. The van der Waals surface area contributed by atoms with Crippen LogP contribution in [0, 0.1) is 0 Å². The molecule has 98 valence electrons. The Labute approximate surface area is 117 Å². The molecular weight excluding hydrogens is 248 g/mol. The van der Waals surface area contributed by atoms with Gasteiger partial charge in [0.2, 0.25) is 0 Å². The monoisotopic (exact) mass is 262 g/mol. The Kier molecular flexibility index (Phi) is 2.42. The molecule has 1 aromatic carbocycles. The first-order valence-electron chi connectivity index (χ1n) is 6.75. The summed E-state index contributed by atoms with van der Waals surface area (Å²) < 4.78 is 2.26. The summed E-state index contributed by atoms with van der Waals surface area (Å²) in [5.41, 5.74) is 2.36. The lowest BCUT2D eigenvalue weighted by Crippen LogP contribution is -2.19. The van der Waals surface area contributed by atoms with Crippen molar-refractivity contribution in [1.29, 1.82) is 0 Å². The van der Waals surface area contributed by atoms with Crippen LogP contribution in [0.25, 0.3) is 11.4 Å². The summed E-state index contributed by atoms with van der Waals surface area (Å²) in [7, 11) is 0. The van der Waals surface area contributed by atoms with E-state index in [1.165, 1.54) is 5.56 Å². The molecular formula is C16H14N4. The first-order chi connectivity index (χ1) is 9.90. The molecule has 1 saturated carbocycles. The molecule has 0 spiro atoms. The van der Waals surface area contributed by atoms with E-state index in [4.69, 9.17) is 0 Å². The van der Waals surface area contributed by atoms with E-state index in [9.17, 15) is 0 Å². The van der Waals surface area contributed by atoms with Gasteiger partial charge in [-0.2, -0.15) is 0 Å². The molecule has 2 heterocycles. The summed E-state index contributed by atoms with van der Waals surface area (Å²) in [6.45, 7) is 0. The zero-order chi connectivity index (χ0) is 13.4. The second-order valence-corrected chi connectivity index (χ2v) is 5.15. The van der Waals surface area contributed by atoms with Crippen molar-refractivity contribution in [3.8, 4) is 11.4 Å². The molecule has 2 aromatic heterocycles. The summed E-state index contributed by atoms with van der Waals surface area (Å²) in [5.74, 6) is 0.937. The molecule has 0 N–H and O–H groups in total. The predicted molar refractivity (Wildman–Crippen MR) is 76.0 cm³/mol. The number of hydrogen-bond acceptors (Lipinski definition) is 3. The van der Waals surface area contributed by atoms with Crippen molar-refractivity contribution >= 4 is 0 Å². The molecule has 0 amide bonds. The van der Waals surface area contributed by atoms with E-state index in [0.717, 1.165) is 24.2 Å². The molecule has 0 radical (unpaired) electrons. The normalized spacial score (nSPS) is 16.0. The summed E-state index contributed by atoms with van der Waals surface area (Å²) in [4.78, 5) is 12.7. The van der Waals surface area contributed by atoms with E-state index >= 15 is 0 Å². The average molecular weight is 262 g/mol. The summed E-state index contributed by atoms with van der Waals surface area (Å²) >= 11 is 0. The lowest BCUT2D eigenvalue weighted by molar-refractivity contribution is 0.579. The third-order valence-electron chi connectivity index (χ3n) is 3.96. The van der Waals surface area contributed by atoms with E-state index in [0.29, 0.717) is 0 Å². The summed E-state index contributed by atoms with van der Waals surface area (Å²) in [6, 6.07) is 10.6. The highest BCUT2D eigenvalue weighted by molar-refractivity contribution is 5.54. The molecule has 3 aromatic rings. The van der Waals surface area contributed by atoms with Crippen LogP contribution in [0.5, 0.6) is 0 Å². The third kappa shape index (κ3) is 1.65. The van der Waals surface area contributed by atoms with Crippen LogP contribution in [-0.4, -0.2) is 19.5 Å². The Morgan fingerprint density at radius 3 is 2.45 bits per heavy atom. The SMILES string of the molecule is c1ccc(C2(n3ccnc3-c3cncnc3)CC2)cc1. The largest absolute Gasteiger partial charge is 0.321 e. The maximum absolute atomic E-state index is 4.50. The van der Waals surface area contributed by atoms with Crippen molar-refractivity contribution in [2.75, 3.05) is 0 Å². The quantitative estimate of drug-likeness (QED) is 0.729. The van der Waals surface area contributed by atoms with Gasteiger partial charge in [-0.15, -0.1) is 0 Å². The second kappa shape index (κ2) is 4.27. The molecule has 0 atom stereocenters. The molecule has 1 fully saturated rings. The van der Waals surface area contributed by atoms with Gasteiger partial charge in [0, 0.05) is 24.8 Å². The van der Waals surface area contributed by atoms with Gasteiger partial charge >= 0.3 is 0 Å². The molecule has 4 nitrogen and oxygen atoms in total. The Bertz CT molecular complexity index is 715. The molecule has 0 bridgehead atoms. The number of imidazole rings is 1. The van der Waals surface area contributed by atoms with E-state index in [-0.39, 0.29) is 5.54 Å². The van der Waals surface area contributed by atoms with Crippen LogP contribution in [0.1, 0.15) is 18.4 Å². The Morgan fingerprint density at radius 1 is 1.00 bits per heavy atom. The Balaban J connectivity index is 1.83. The van der Waals surface area contributed by atoms with Crippen molar-refractivity contribution < 1.29 is 0 Å². The van der Waals surface area contributed by atoms with Crippen molar-refractivity contribution in [3.05, 3.63) is 67.0 Å². The maximum atomic E-state index is 4.50. The zero-order valence-corrected chi connectivity index (χ0v) is 11.0. The van der Waals surface area contributed by atoms with Crippen molar-refractivity contribution in [2.45, 2.75) is 18.4 Å². The highest BCUT2D eigenvalue weighted by Crippen LogP contribution is 2.50. The zero-order valence-electron chi connectivity index (χ0n) is 11.0. The van der Waals surface area contributed by atoms with E-state index in [1.54, 1.807) is 6.33 Å². The lowest BCUT2D eigenvalue weighted by Gasteiger charge is -2.20. The molecule has 4 rings (SSSR count). The van der Waals surface area contributed by atoms with Gasteiger partial charge in [0.1, 0.15) is 12.2 Å². The van der Waals surface area contributed by atoms with Crippen LogP contribution in [0.4, 0.5) is 0 Å². The summed E-state index contributed by atoms with van der Waals surface area (Å²) in [6.07, 6.45) is 11.4. The molecule has 1 aliphatic rings. The highest BCUT2D eigenvalue weighted by atomic mass is 15.2. The fourth-order valence-electron chi connectivity index (χ4n) is 2.81. The van der Waals surface area contributed by atoms with Crippen LogP contribution in [-0.2, 0) is 5.54 Å². The van der Waals surface area contributed by atoms with Crippen molar-refractivity contribution in [2.24, 2.45) is 0 Å². The highest BCUT2D eigenvalue weighted by Gasteiger charge is 2.47. The average Bonchev–Trinajstić information content (AvgIpc) is 3.19. The second-order valence-electron chi connectivity index (χ2n) is 5.15. The minimum atomic E-state index is 0.0585. The van der Waals surface area contributed by atoms with E-state index in [1.807, 2.05) is 18.6 Å². The molecule has 1 aliphatic carbocycles. The van der Waals surface area contributed by atoms with Gasteiger partial charge in [0.15, 0.2) is 0 Å². The van der Waals surface area contributed by atoms with Crippen LogP contribution in [0.15, 0.2) is 61.4 Å². The maximum Gasteiger partial charge on any atom is 0.143 e. The minimum Gasteiger partial charge on any atom is -0.321 e. The standard InChI is InChI=1S/C16H14N4/c1-2-4-14(5-3-1)16(6-7-16)20-9-8-19-15(20)13-10-17-12-18-11-13/h1-5,8-12H,6-7H2. The fraction of sp³-hybridized carbons (Fsp3) is 0.188. The number of benzene rings is 1. The third-order valence-corrected chi connectivity index (χ3v) is 3.96. The van der Waals surface area contributed by atoms with Crippen LogP contribution >= 0.6 is 0 Å². The van der Waals surface area contributed by atoms with Gasteiger partial charge in [0.05, 0.1) is 11.1 Å². The minimum absolute atomic E-state index is 0.0585. The van der Waals surface area contributed by atoms with Crippen molar-refractivity contribution in [1.82, 2.24) is 19.5 Å². The van der Waals surface area contributed by atoms with Crippen molar-refractivity contribution in [3.63, 3.8) is 0 Å². The number of nitrogens with zero attached hydrogens (tertiary/aromatic N) is 4. The van der Waals surface area contributed by atoms with Crippen LogP contribution < -0.4 is 0 Å². The number of aromatic nitrogens is 4. The summed E-state index contributed by atoms with van der Waals surface area (Å²) in [5, 5.41) is 0. The predicted octanol–water partition coefficient (Wildman–Crippen LogP) is 2.88. The van der Waals surface area contributed by atoms with Gasteiger partial charge in [-0.05, 0) is 18.4 Å². The van der Waals surface area contributed by atoms with Gasteiger partial charge in [-0.25, -0.2) is 15.0 Å². The first kappa shape index (κ1) is 11.3. The number of hydrogen-bond donors (Lipinski definition) is 0. The molecule has 0 unspecified atom stereocenters. The fourth-order valence-corrected chi connectivity index (χ4v) is 2.81. The van der Waals surface area contributed by atoms with Crippen LogP contribution in [0.2, 0.25) is 0 Å². The van der Waals surface area contributed by atoms with Gasteiger partial charge < -0.3 is 4.57 Å². The Morgan fingerprint density at radius 2 is 1.75 bits per heavy atom. The smallest absolute Gasteiger partial charge is 0.143 e. The van der Waals surface area contributed by atoms with E-state index < -0.39 is 0 Å². The number of rotatable bonds is 3. The van der Waals surface area contributed by atoms with Gasteiger partial charge in [-0.1, -0.05) is 30.3 Å². The van der Waals surface area contributed by atoms with E-state index in [2.05, 4.69) is 56.0 Å². The topological polar surface area (TPSA) is 43.6 Å². The molecule has 4 heteroatoms. The molecule has 0 saturated heterocycles. The van der Waals surface area contributed by atoms with Gasteiger partial charge in [0.25, 0.3) is 0 Å². The first-order valence-corrected chi connectivity index (χ1v) is 6.75. The molecule has 20 heavy (non-hydrogen) atoms. The van der Waals surface area contributed by atoms with Gasteiger partial charge in [-0.3, -0.25) is 0 Å². The Hall–Kier alpha value is -2.49. The molecule has 0 aliphatic heterocycles.